The van der Waals surface area contributed by atoms with Gasteiger partial charge < -0.3 is 10.2 Å². The molecule has 5 nitrogen and oxygen atoms in total. The largest absolute Gasteiger partial charge is 0.416 e. The molecule has 2 aromatic rings. The van der Waals surface area contributed by atoms with Crippen LogP contribution in [0.3, 0.4) is 0 Å². The molecule has 0 aromatic heterocycles. The molecule has 1 atom stereocenters. The zero-order valence-electron chi connectivity index (χ0n) is 23.6. The summed E-state index contributed by atoms with van der Waals surface area (Å²) in [6, 6.07) is 7.98. The number of nitroso groups, excluding NO2 is 1. The molecular formula is C28H38F7N3O2. The van der Waals surface area contributed by atoms with Gasteiger partial charge in [0.1, 0.15) is 12.4 Å². The van der Waals surface area contributed by atoms with Crippen LogP contribution < -0.4 is 5.32 Å². The summed E-state index contributed by atoms with van der Waals surface area (Å²) in [5.41, 5.74) is -1.57. The molecule has 1 aliphatic rings. The van der Waals surface area contributed by atoms with Crippen molar-refractivity contribution in [1.29, 1.82) is 0 Å². The Bertz CT molecular complexity index is 987. The molecule has 3 rings (SSSR count). The van der Waals surface area contributed by atoms with E-state index in [4.69, 9.17) is 4.79 Å². The van der Waals surface area contributed by atoms with Crippen molar-refractivity contribution in [1.82, 2.24) is 10.2 Å². The number of hydrogen-bond acceptors (Lipinski definition) is 4. The molecule has 40 heavy (non-hydrogen) atoms. The van der Waals surface area contributed by atoms with Crippen LogP contribution in [0.25, 0.3) is 0 Å². The van der Waals surface area contributed by atoms with Crippen LogP contribution in [-0.4, -0.2) is 39.5 Å². The fourth-order valence-corrected chi connectivity index (χ4v) is 3.90. The lowest BCUT2D eigenvalue weighted by atomic mass is 9.70. The van der Waals surface area contributed by atoms with Crippen LogP contribution >= 0.6 is 0 Å². The van der Waals surface area contributed by atoms with Gasteiger partial charge in [-0.15, -0.1) is 0 Å². The first kappa shape index (κ1) is 37.0. The van der Waals surface area contributed by atoms with Crippen LogP contribution in [0.5, 0.6) is 0 Å². The van der Waals surface area contributed by atoms with Gasteiger partial charge >= 0.3 is 12.4 Å². The van der Waals surface area contributed by atoms with Gasteiger partial charge in [0.25, 0.3) is 0 Å². The van der Waals surface area contributed by atoms with Crippen molar-refractivity contribution in [3.63, 3.8) is 0 Å². The molecule has 1 aliphatic carbocycles. The molecule has 2 aromatic carbocycles. The van der Waals surface area contributed by atoms with Crippen molar-refractivity contribution in [2.24, 2.45) is 10.6 Å². The maximum Gasteiger partial charge on any atom is 0.416 e. The van der Waals surface area contributed by atoms with Crippen molar-refractivity contribution in [2.45, 2.75) is 64.3 Å². The molecule has 0 aliphatic heterocycles. The number of hydrogen-bond donors (Lipinski definition) is 1. The van der Waals surface area contributed by atoms with E-state index in [1.807, 2.05) is 38.2 Å². The van der Waals surface area contributed by atoms with Crippen LogP contribution in [-0.2, 0) is 23.7 Å². The van der Waals surface area contributed by atoms with E-state index in [-0.39, 0.29) is 11.9 Å². The smallest absolute Gasteiger partial charge is 0.362 e. The minimum absolute atomic E-state index is 0.00565. The Morgan fingerprint density at radius 2 is 1.43 bits per heavy atom. The second-order valence-corrected chi connectivity index (χ2v) is 10.5. The van der Waals surface area contributed by atoms with Gasteiger partial charge in [-0.05, 0) is 93.2 Å². The molecule has 1 amide bonds. The lowest BCUT2D eigenvalue weighted by Crippen LogP contribution is -2.21. The van der Waals surface area contributed by atoms with E-state index in [1.54, 1.807) is 19.2 Å². The van der Waals surface area contributed by atoms with Gasteiger partial charge in [-0.1, -0.05) is 37.6 Å². The Kier molecular flexibility index (Phi) is 15.7. The number of nitrogens with one attached hydrogen (secondary N) is 1. The Morgan fingerprint density at radius 3 is 1.77 bits per heavy atom. The SMILES string of the molecule is CC1(C)CCC[C@@H](c2ccc(F)cc2)C1.CN(C)C.CNC=O.O=NCc1cc(C(F)(F)F)cc(C(F)(F)F)c1. The highest BCUT2D eigenvalue weighted by Crippen LogP contribution is 2.43. The van der Waals surface area contributed by atoms with Crippen LogP contribution in [0.1, 0.15) is 67.7 Å². The predicted octanol–water partition coefficient (Wildman–Crippen LogP) is 8.04. The Labute approximate surface area is 231 Å². The molecule has 0 spiro atoms. The Morgan fingerprint density at radius 1 is 0.975 bits per heavy atom. The van der Waals surface area contributed by atoms with Crippen molar-refractivity contribution in [3.05, 3.63) is 75.4 Å². The van der Waals surface area contributed by atoms with E-state index in [9.17, 15) is 35.6 Å². The first-order valence-electron chi connectivity index (χ1n) is 12.4. The third-order valence-corrected chi connectivity index (χ3v) is 5.56. The van der Waals surface area contributed by atoms with Gasteiger partial charge in [0, 0.05) is 7.05 Å². The van der Waals surface area contributed by atoms with Gasteiger partial charge in [-0.25, -0.2) is 4.39 Å². The standard InChI is InChI=1S/C14H19F.C9H5F6NO.C3H9N.C2H5NO/c1-14(2)9-3-4-12(10-14)11-5-7-13(15)8-6-11;10-8(11,12)6-1-5(4-16-17)2-7(3-6)9(13,14)15;1-4(2)3;1-3-2-4/h5-8,12H,3-4,9-10H2,1-2H3;1-3H,4H2;1-3H3;2H,1H3,(H,3,4)/t12-;;;/m1.../s1. The highest BCUT2D eigenvalue weighted by molar-refractivity contribution is 5.44. The van der Waals surface area contributed by atoms with E-state index < -0.39 is 35.6 Å². The number of nitrogens with zero attached hydrogens (tertiary/aromatic N) is 2. The molecule has 1 saturated carbocycles. The monoisotopic (exact) mass is 581 g/mol. The van der Waals surface area contributed by atoms with Gasteiger partial charge in [0.2, 0.25) is 6.41 Å². The number of carbonyl (C=O) groups excluding carboxylic acids is 1. The summed E-state index contributed by atoms with van der Waals surface area (Å²) in [5.74, 6) is 0.503. The number of carbonyl (C=O) groups is 1. The first-order valence-corrected chi connectivity index (χ1v) is 12.4. The van der Waals surface area contributed by atoms with E-state index in [0.29, 0.717) is 29.9 Å². The maximum atomic E-state index is 12.8. The molecule has 1 N–H and O–H groups in total. The van der Waals surface area contributed by atoms with E-state index >= 15 is 0 Å². The number of benzene rings is 2. The van der Waals surface area contributed by atoms with Gasteiger partial charge in [0.05, 0.1) is 11.1 Å². The second kappa shape index (κ2) is 16.9. The number of amides is 1. The quantitative estimate of drug-likeness (QED) is 0.226. The molecule has 0 radical (unpaired) electrons. The third kappa shape index (κ3) is 15.5. The second-order valence-electron chi connectivity index (χ2n) is 10.5. The highest BCUT2D eigenvalue weighted by atomic mass is 19.4. The summed E-state index contributed by atoms with van der Waals surface area (Å²) in [6.45, 7) is 3.93. The summed E-state index contributed by atoms with van der Waals surface area (Å²) in [5, 5.41) is 4.52. The summed E-state index contributed by atoms with van der Waals surface area (Å²) < 4.78 is 86.6. The molecule has 226 valence electrons. The van der Waals surface area contributed by atoms with Crippen molar-refractivity contribution >= 4 is 6.41 Å². The lowest BCUT2D eigenvalue weighted by Gasteiger charge is -2.35. The van der Waals surface area contributed by atoms with Gasteiger partial charge in [-0.3, -0.25) is 4.79 Å². The number of rotatable bonds is 4. The normalized spacial score (nSPS) is 16.2. The lowest BCUT2D eigenvalue weighted by molar-refractivity contribution is -0.143. The fourth-order valence-electron chi connectivity index (χ4n) is 3.90. The third-order valence-electron chi connectivity index (χ3n) is 5.56. The minimum atomic E-state index is -4.90. The van der Waals surface area contributed by atoms with Crippen LogP contribution in [0.2, 0.25) is 0 Å². The van der Waals surface area contributed by atoms with Crippen LogP contribution in [0.4, 0.5) is 30.7 Å². The first-order chi connectivity index (χ1) is 18.4. The molecule has 0 saturated heterocycles. The topological polar surface area (TPSA) is 61.8 Å². The van der Waals surface area contributed by atoms with E-state index in [0.717, 1.165) is 0 Å². The summed E-state index contributed by atoms with van der Waals surface area (Å²) in [7, 11) is 7.56. The molecule has 0 heterocycles. The van der Waals surface area contributed by atoms with Gasteiger partial charge in [0.15, 0.2) is 0 Å². The number of alkyl halides is 6. The summed E-state index contributed by atoms with van der Waals surface area (Å²) in [4.78, 5) is 20.9. The van der Waals surface area contributed by atoms with Gasteiger partial charge in [-0.2, -0.15) is 31.2 Å². The van der Waals surface area contributed by atoms with E-state index in [2.05, 4.69) is 24.3 Å². The van der Waals surface area contributed by atoms with E-state index in [1.165, 1.54) is 31.2 Å². The summed E-state index contributed by atoms with van der Waals surface area (Å²) in [6.07, 6.45) is -4.06. The highest BCUT2D eigenvalue weighted by Gasteiger charge is 2.36. The number of halogens is 7. The molecular weight excluding hydrogens is 543 g/mol. The fraction of sp³-hybridized carbons (Fsp3) is 0.536. The molecule has 0 unspecified atom stereocenters. The average molecular weight is 582 g/mol. The molecule has 12 heteroatoms. The zero-order valence-corrected chi connectivity index (χ0v) is 23.6. The summed E-state index contributed by atoms with van der Waals surface area (Å²) >= 11 is 0. The zero-order chi connectivity index (χ0) is 31.1. The Hall–Kier alpha value is -3.02. The molecule has 1 fully saturated rings. The predicted molar refractivity (Wildman–Crippen MR) is 142 cm³/mol. The maximum absolute atomic E-state index is 12.8. The minimum Gasteiger partial charge on any atom is -0.362 e. The average Bonchev–Trinajstić information content (AvgIpc) is 2.83. The van der Waals surface area contributed by atoms with Crippen LogP contribution in [0.15, 0.2) is 47.6 Å². The van der Waals surface area contributed by atoms with Crippen LogP contribution in [0, 0.1) is 16.1 Å². The Balaban J connectivity index is 0.000000603. The van der Waals surface area contributed by atoms with Crippen molar-refractivity contribution < 1.29 is 35.5 Å². The van der Waals surface area contributed by atoms with Crippen molar-refractivity contribution in [2.75, 3.05) is 28.2 Å². The van der Waals surface area contributed by atoms with Crippen molar-refractivity contribution in [3.8, 4) is 0 Å². The molecule has 0 bridgehead atoms.